The van der Waals surface area contributed by atoms with Crippen LogP contribution in [0.15, 0.2) is 30.6 Å². The summed E-state index contributed by atoms with van der Waals surface area (Å²) in [4.78, 5) is 26.5. The quantitative estimate of drug-likeness (QED) is 0.666. The van der Waals surface area contributed by atoms with Gasteiger partial charge in [0.1, 0.15) is 5.82 Å². The summed E-state index contributed by atoms with van der Waals surface area (Å²) in [6, 6.07) is 3.85. The van der Waals surface area contributed by atoms with Gasteiger partial charge in [-0.3, -0.25) is 14.3 Å². The van der Waals surface area contributed by atoms with E-state index in [0.717, 1.165) is 6.07 Å². The first-order valence-corrected chi connectivity index (χ1v) is 9.00. The molecule has 8 nitrogen and oxygen atoms in total. The molecule has 1 aromatic carbocycles. The molecular formula is C18H20ClFN4O4. The predicted molar refractivity (Wildman–Crippen MR) is 99.3 cm³/mol. The van der Waals surface area contributed by atoms with Gasteiger partial charge in [0, 0.05) is 37.8 Å². The Morgan fingerprint density at radius 2 is 2.25 bits per heavy atom. The number of halogens is 2. The van der Waals surface area contributed by atoms with Gasteiger partial charge in [0.2, 0.25) is 5.60 Å². The number of ether oxygens (including phenoxy) is 1. The molecule has 1 fully saturated rings. The molecule has 0 bridgehead atoms. The minimum absolute atomic E-state index is 0.0647. The van der Waals surface area contributed by atoms with Crippen molar-refractivity contribution in [2.45, 2.75) is 25.1 Å². The number of amides is 2. The standard InChI is InChI=1S/C18H20ClFN4O4/c1-28-5-4-23-11-15(10-22-23)24-3-2-18(27,17(24)26)16(25)21-9-12-6-13(19)8-14(20)7-12/h6-8,10-11,27H,2-5,9H2,1H3,(H,21,25)/t18-/m1/s1. The van der Waals surface area contributed by atoms with Gasteiger partial charge in [0.25, 0.3) is 11.8 Å². The van der Waals surface area contributed by atoms with Crippen LogP contribution in [0.1, 0.15) is 12.0 Å². The summed E-state index contributed by atoms with van der Waals surface area (Å²) < 4.78 is 20.0. The Bertz CT molecular complexity index is 870. The van der Waals surface area contributed by atoms with E-state index in [9.17, 15) is 19.1 Å². The smallest absolute Gasteiger partial charge is 0.268 e. The van der Waals surface area contributed by atoms with Crippen molar-refractivity contribution in [3.05, 3.63) is 47.0 Å². The minimum atomic E-state index is -2.19. The largest absolute Gasteiger partial charge is 0.383 e. The molecule has 0 unspecified atom stereocenters. The number of nitrogens with one attached hydrogen (secondary N) is 1. The van der Waals surface area contributed by atoms with E-state index in [4.69, 9.17) is 16.3 Å². The summed E-state index contributed by atoms with van der Waals surface area (Å²) in [6.07, 6.45) is 3.08. The fourth-order valence-electron chi connectivity index (χ4n) is 3.00. The van der Waals surface area contributed by atoms with Gasteiger partial charge in [-0.1, -0.05) is 11.6 Å². The van der Waals surface area contributed by atoms with Gasteiger partial charge in [-0.2, -0.15) is 5.10 Å². The summed E-state index contributed by atoms with van der Waals surface area (Å²) in [6.45, 7) is 1.08. The predicted octanol–water partition coefficient (Wildman–Crippen LogP) is 1.11. The number of nitrogens with zero attached hydrogens (tertiary/aromatic N) is 3. The number of hydrogen-bond donors (Lipinski definition) is 2. The molecule has 0 spiro atoms. The lowest BCUT2D eigenvalue weighted by molar-refractivity contribution is -0.149. The Balaban J connectivity index is 1.65. The first kappa shape index (κ1) is 20.2. The van der Waals surface area contributed by atoms with Crippen molar-refractivity contribution in [2.75, 3.05) is 25.2 Å². The van der Waals surface area contributed by atoms with Crippen LogP contribution in [0.2, 0.25) is 5.02 Å². The van der Waals surface area contributed by atoms with Crippen molar-refractivity contribution >= 4 is 29.1 Å². The Hall–Kier alpha value is -2.49. The van der Waals surface area contributed by atoms with Gasteiger partial charge >= 0.3 is 0 Å². The summed E-state index contributed by atoms with van der Waals surface area (Å²) in [7, 11) is 1.57. The second-order valence-corrected chi connectivity index (χ2v) is 6.92. The second kappa shape index (κ2) is 8.26. The molecule has 1 atom stereocenters. The van der Waals surface area contributed by atoms with Crippen molar-refractivity contribution in [3.63, 3.8) is 0 Å². The van der Waals surface area contributed by atoms with Gasteiger partial charge in [0.15, 0.2) is 0 Å². The second-order valence-electron chi connectivity index (χ2n) is 6.48. The molecule has 0 aliphatic carbocycles. The summed E-state index contributed by atoms with van der Waals surface area (Å²) in [5.41, 5.74) is -1.28. The van der Waals surface area contributed by atoms with Crippen LogP contribution in [-0.2, 0) is 27.4 Å². The monoisotopic (exact) mass is 410 g/mol. The van der Waals surface area contributed by atoms with Crippen LogP contribution in [0.5, 0.6) is 0 Å². The lowest BCUT2D eigenvalue weighted by Gasteiger charge is -2.21. The third-order valence-corrected chi connectivity index (χ3v) is 4.72. The first-order chi connectivity index (χ1) is 13.3. The van der Waals surface area contributed by atoms with Crippen LogP contribution in [0, 0.1) is 5.82 Å². The Kier molecular flexibility index (Phi) is 5.97. The highest BCUT2D eigenvalue weighted by Gasteiger charge is 2.51. The van der Waals surface area contributed by atoms with E-state index in [1.807, 2.05) is 0 Å². The number of hydrogen-bond acceptors (Lipinski definition) is 5. The van der Waals surface area contributed by atoms with Crippen molar-refractivity contribution in [1.82, 2.24) is 15.1 Å². The number of methoxy groups -OCH3 is 1. The third-order valence-electron chi connectivity index (χ3n) is 4.50. The van der Waals surface area contributed by atoms with Gasteiger partial charge in [-0.05, 0) is 23.8 Å². The summed E-state index contributed by atoms with van der Waals surface area (Å²) >= 11 is 5.79. The lowest BCUT2D eigenvalue weighted by atomic mass is 10.0. The number of carbonyl (C=O) groups excluding carboxylic acids is 2. The highest BCUT2D eigenvalue weighted by Crippen LogP contribution is 2.28. The van der Waals surface area contributed by atoms with E-state index in [1.165, 1.54) is 23.2 Å². The molecule has 2 N–H and O–H groups in total. The lowest BCUT2D eigenvalue weighted by Crippen LogP contribution is -2.52. The molecule has 1 aliphatic heterocycles. The zero-order valence-electron chi connectivity index (χ0n) is 15.2. The van der Waals surface area contributed by atoms with Crippen LogP contribution in [0.3, 0.4) is 0 Å². The average molecular weight is 411 g/mol. The van der Waals surface area contributed by atoms with Gasteiger partial charge in [-0.15, -0.1) is 0 Å². The average Bonchev–Trinajstić information content (AvgIpc) is 3.23. The molecular weight excluding hydrogens is 391 g/mol. The van der Waals surface area contributed by atoms with Crippen molar-refractivity contribution < 1.29 is 23.8 Å². The highest BCUT2D eigenvalue weighted by atomic mass is 35.5. The highest BCUT2D eigenvalue weighted by molar-refractivity contribution is 6.30. The molecule has 0 saturated carbocycles. The number of carbonyl (C=O) groups is 2. The van der Waals surface area contributed by atoms with Crippen molar-refractivity contribution in [3.8, 4) is 0 Å². The maximum absolute atomic E-state index is 13.4. The minimum Gasteiger partial charge on any atom is -0.383 e. The fourth-order valence-corrected chi connectivity index (χ4v) is 3.25. The molecule has 2 amide bonds. The number of aromatic nitrogens is 2. The molecule has 10 heteroatoms. The zero-order valence-corrected chi connectivity index (χ0v) is 15.9. The zero-order chi connectivity index (χ0) is 20.3. The molecule has 2 aromatic rings. The maximum Gasteiger partial charge on any atom is 0.268 e. The number of aliphatic hydroxyl groups is 1. The van der Waals surface area contributed by atoms with Crippen molar-refractivity contribution in [1.29, 1.82) is 0 Å². The van der Waals surface area contributed by atoms with E-state index in [1.54, 1.807) is 18.0 Å². The maximum atomic E-state index is 13.4. The topological polar surface area (TPSA) is 96.7 Å². The SMILES string of the molecule is COCCn1cc(N2CC[C@@](O)(C(=O)NCc3cc(F)cc(Cl)c3)C2=O)cn1. The van der Waals surface area contributed by atoms with Crippen LogP contribution in [0.4, 0.5) is 10.1 Å². The van der Waals surface area contributed by atoms with Crippen LogP contribution in [0.25, 0.3) is 0 Å². The number of benzene rings is 1. The van der Waals surface area contributed by atoms with E-state index in [-0.39, 0.29) is 24.5 Å². The Morgan fingerprint density at radius 3 is 2.96 bits per heavy atom. The number of rotatable bonds is 7. The van der Waals surface area contributed by atoms with E-state index in [0.29, 0.717) is 24.4 Å². The number of anilines is 1. The van der Waals surface area contributed by atoms with E-state index < -0.39 is 23.2 Å². The summed E-state index contributed by atoms with van der Waals surface area (Å²) in [5, 5.41) is 17.4. The fraction of sp³-hybridized carbons (Fsp3) is 0.389. The van der Waals surface area contributed by atoms with Gasteiger partial charge < -0.3 is 20.1 Å². The van der Waals surface area contributed by atoms with Gasteiger partial charge in [-0.25, -0.2) is 4.39 Å². The molecule has 2 heterocycles. The van der Waals surface area contributed by atoms with Gasteiger partial charge in [0.05, 0.1) is 25.0 Å². The van der Waals surface area contributed by atoms with Crippen LogP contribution < -0.4 is 10.2 Å². The molecule has 3 rings (SSSR count). The Morgan fingerprint density at radius 1 is 1.46 bits per heavy atom. The summed E-state index contributed by atoms with van der Waals surface area (Å²) in [5.74, 6) is -2.11. The van der Waals surface area contributed by atoms with Crippen LogP contribution in [-0.4, -0.2) is 52.6 Å². The van der Waals surface area contributed by atoms with Crippen LogP contribution >= 0.6 is 11.6 Å². The van der Waals surface area contributed by atoms with E-state index >= 15 is 0 Å². The normalized spacial score (nSPS) is 19.3. The first-order valence-electron chi connectivity index (χ1n) is 8.62. The molecule has 1 saturated heterocycles. The Labute approximate surface area is 165 Å². The van der Waals surface area contributed by atoms with Crippen molar-refractivity contribution in [2.24, 2.45) is 0 Å². The molecule has 28 heavy (non-hydrogen) atoms. The van der Waals surface area contributed by atoms with E-state index in [2.05, 4.69) is 10.4 Å². The molecule has 150 valence electrons. The molecule has 1 aliphatic rings. The molecule has 1 aromatic heterocycles. The third kappa shape index (κ3) is 4.16. The molecule has 0 radical (unpaired) electrons.